The lowest BCUT2D eigenvalue weighted by molar-refractivity contribution is 0.570. The minimum absolute atomic E-state index is 0.767. The predicted molar refractivity (Wildman–Crippen MR) is 91.2 cm³/mol. The Labute approximate surface area is 133 Å². The SMILES string of the molecule is CCc1nc(N(CCC(C)C)C2CC2)sc1CNC1CC1. The normalized spacial score (nSPS) is 18.5. The average Bonchev–Trinajstić information content (AvgIpc) is 3.35. The quantitative estimate of drug-likeness (QED) is 0.748. The van der Waals surface area contributed by atoms with Gasteiger partial charge in [0.2, 0.25) is 0 Å². The van der Waals surface area contributed by atoms with E-state index in [0.29, 0.717) is 0 Å². The molecule has 2 aliphatic rings. The van der Waals surface area contributed by atoms with Crippen LogP contribution < -0.4 is 10.2 Å². The lowest BCUT2D eigenvalue weighted by Gasteiger charge is -2.22. The molecule has 0 saturated heterocycles. The highest BCUT2D eigenvalue weighted by molar-refractivity contribution is 7.15. The largest absolute Gasteiger partial charge is 0.345 e. The van der Waals surface area contributed by atoms with E-state index in [1.54, 1.807) is 0 Å². The zero-order valence-corrected chi connectivity index (χ0v) is 14.5. The molecule has 3 rings (SSSR count). The van der Waals surface area contributed by atoms with E-state index < -0.39 is 0 Å². The molecule has 0 spiro atoms. The number of nitrogens with zero attached hydrogens (tertiary/aromatic N) is 2. The first-order valence-electron chi connectivity index (χ1n) is 8.66. The topological polar surface area (TPSA) is 28.2 Å². The highest BCUT2D eigenvalue weighted by Crippen LogP contribution is 2.36. The molecule has 2 fully saturated rings. The third-order valence-electron chi connectivity index (χ3n) is 4.41. The van der Waals surface area contributed by atoms with Gasteiger partial charge in [0.05, 0.1) is 5.69 Å². The van der Waals surface area contributed by atoms with Gasteiger partial charge in [0.15, 0.2) is 5.13 Å². The number of aryl methyl sites for hydroxylation is 1. The number of hydrogen-bond acceptors (Lipinski definition) is 4. The Hall–Kier alpha value is -0.610. The molecule has 118 valence electrons. The molecule has 1 heterocycles. The smallest absolute Gasteiger partial charge is 0.186 e. The monoisotopic (exact) mass is 307 g/mol. The number of anilines is 1. The molecule has 4 heteroatoms. The maximum absolute atomic E-state index is 4.97. The molecule has 0 aromatic carbocycles. The standard InChI is InChI=1S/C17H29N3S/c1-4-15-16(11-18-13-5-6-13)21-17(19-15)20(14-7-8-14)10-9-12(2)3/h12-14,18H,4-11H2,1-3H3. The van der Waals surface area contributed by atoms with E-state index >= 15 is 0 Å². The first kappa shape index (κ1) is 15.3. The van der Waals surface area contributed by atoms with Gasteiger partial charge in [-0.05, 0) is 44.4 Å². The van der Waals surface area contributed by atoms with E-state index in [1.165, 1.54) is 54.4 Å². The highest BCUT2D eigenvalue weighted by atomic mass is 32.1. The lowest BCUT2D eigenvalue weighted by Crippen LogP contribution is -2.27. The van der Waals surface area contributed by atoms with E-state index in [9.17, 15) is 0 Å². The van der Waals surface area contributed by atoms with Crippen LogP contribution >= 0.6 is 11.3 Å². The Morgan fingerprint density at radius 3 is 2.62 bits per heavy atom. The molecule has 0 radical (unpaired) electrons. The molecule has 2 saturated carbocycles. The fourth-order valence-corrected chi connectivity index (χ4v) is 3.85. The Balaban J connectivity index is 1.68. The Bertz CT molecular complexity index is 461. The van der Waals surface area contributed by atoms with E-state index in [2.05, 4.69) is 31.0 Å². The summed E-state index contributed by atoms with van der Waals surface area (Å²) in [5, 5.41) is 4.93. The van der Waals surface area contributed by atoms with Gasteiger partial charge < -0.3 is 10.2 Å². The van der Waals surface area contributed by atoms with E-state index in [-0.39, 0.29) is 0 Å². The van der Waals surface area contributed by atoms with Crippen LogP contribution in [0.4, 0.5) is 5.13 Å². The highest BCUT2D eigenvalue weighted by Gasteiger charge is 2.31. The maximum Gasteiger partial charge on any atom is 0.186 e. The van der Waals surface area contributed by atoms with Gasteiger partial charge >= 0.3 is 0 Å². The Kier molecular flexibility index (Phi) is 4.85. The summed E-state index contributed by atoms with van der Waals surface area (Å²) in [7, 11) is 0. The van der Waals surface area contributed by atoms with Gasteiger partial charge in [0.25, 0.3) is 0 Å². The summed E-state index contributed by atoms with van der Waals surface area (Å²) < 4.78 is 0. The van der Waals surface area contributed by atoms with Crippen molar-refractivity contribution in [2.45, 2.75) is 77.9 Å². The summed E-state index contributed by atoms with van der Waals surface area (Å²) in [6.07, 6.45) is 7.75. The summed E-state index contributed by atoms with van der Waals surface area (Å²) >= 11 is 1.93. The second kappa shape index (κ2) is 6.66. The van der Waals surface area contributed by atoms with Gasteiger partial charge in [-0.1, -0.05) is 20.8 Å². The first-order valence-corrected chi connectivity index (χ1v) is 9.47. The minimum atomic E-state index is 0.767. The van der Waals surface area contributed by atoms with Crippen molar-refractivity contribution >= 4 is 16.5 Å². The summed E-state index contributed by atoms with van der Waals surface area (Å²) in [6.45, 7) is 9.06. The van der Waals surface area contributed by atoms with Crippen LogP contribution in [0.1, 0.15) is 63.4 Å². The number of thiazole rings is 1. The average molecular weight is 308 g/mol. The number of rotatable bonds is 9. The first-order chi connectivity index (χ1) is 10.2. The number of nitrogens with one attached hydrogen (secondary N) is 1. The number of hydrogen-bond donors (Lipinski definition) is 1. The molecule has 0 amide bonds. The van der Waals surface area contributed by atoms with Gasteiger partial charge in [-0.25, -0.2) is 4.98 Å². The molecule has 1 aromatic heterocycles. The van der Waals surface area contributed by atoms with Gasteiger partial charge in [-0.3, -0.25) is 0 Å². The van der Waals surface area contributed by atoms with Crippen molar-refractivity contribution in [1.29, 1.82) is 0 Å². The zero-order valence-electron chi connectivity index (χ0n) is 13.7. The second-order valence-electron chi connectivity index (χ2n) is 6.98. The molecule has 21 heavy (non-hydrogen) atoms. The third kappa shape index (κ3) is 4.19. The van der Waals surface area contributed by atoms with Gasteiger partial charge in [0, 0.05) is 30.1 Å². The lowest BCUT2D eigenvalue weighted by atomic mass is 10.1. The van der Waals surface area contributed by atoms with Crippen LogP contribution in [0.15, 0.2) is 0 Å². The van der Waals surface area contributed by atoms with Crippen LogP contribution in [-0.4, -0.2) is 23.6 Å². The Morgan fingerprint density at radius 1 is 1.29 bits per heavy atom. The van der Waals surface area contributed by atoms with Crippen molar-refractivity contribution in [3.05, 3.63) is 10.6 Å². The fraction of sp³-hybridized carbons (Fsp3) is 0.824. The number of aromatic nitrogens is 1. The summed E-state index contributed by atoms with van der Waals surface area (Å²) in [5.74, 6) is 0.771. The fourth-order valence-electron chi connectivity index (χ4n) is 2.65. The summed E-state index contributed by atoms with van der Waals surface area (Å²) in [5.41, 5.74) is 1.32. The Morgan fingerprint density at radius 2 is 2.05 bits per heavy atom. The van der Waals surface area contributed by atoms with Crippen LogP contribution in [0.2, 0.25) is 0 Å². The molecule has 1 aromatic rings. The van der Waals surface area contributed by atoms with Crippen LogP contribution in [0.25, 0.3) is 0 Å². The van der Waals surface area contributed by atoms with Crippen molar-refractivity contribution in [3.63, 3.8) is 0 Å². The third-order valence-corrected chi connectivity index (χ3v) is 5.55. The van der Waals surface area contributed by atoms with Crippen LogP contribution in [0.5, 0.6) is 0 Å². The molecule has 0 atom stereocenters. The van der Waals surface area contributed by atoms with Crippen LogP contribution in [0, 0.1) is 5.92 Å². The summed E-state index contributed by atoms with van der Waals surface area (Å²) in [6, 6.07) is 1.55. The van der Waals surface area contributed by atoms with Crippen molar-refractivity contribution in [2.75, 3.05) is 11.4 Å². The maximum atomic E-state index is 4.97. The van der Waals surface area contributed by atoms with Gasteiger partial charge in [-0.2, -0.15) is 0 Å². The van der Waals surface area contributed by atoms with Crippen molar-refractivity contribution in [3.8, 4) is 0 Å². The molecular weight excluding hydrogens is 278 g/mol. The predicted octanol–water partition coefficient (Wildman–Crippen LogP) is 3.97. The molecule has 0 aliphatic heterocycles. The van der Waals surface area contributed by atoms with E-state index in [4.69, 9.17) is 4.98 Å². The molecule has 1 N–H and O–H groups in total. The molecular formula is C17H29N3S. The van der Waals surface area contributed by atoms with Gasteiger partial charge in [-0.15, -0.1) is 11.3 Å². The molecule has 2 aliphatic carbocycles. The summed E-state index contributed by atoms with van der Waals surface area (Å²) in [4.78, 5) is 9.03. The zero-order chi connectivity index (χ0) is 14.8. The molecule has 3 nitrogen and oxygen atoms in total. The van der Waals surface area contributed by atoms with Crippen molar-refractivity contribution < 1.29 is 0 Å². The van der Waals surface area contributed by atoms with E-state index in [1.807, 2.05) is 11.3 Å². The van der Waals surface area contributed by atoms with Gasteiger partial charge in [0.1, 0.15) is 0 Å². The molecule has 0 unspecified atom stereocenters. The molecule has 0 bridgehead atoms. The van der Waals surface area contributed by atoms with Crippen LogP contribution in [0.3, 0.4) is 0 Å². The second-order valence-corrected chi connectivity index (χ2v) is 8.04. The van der Waals surface area contributed by atoms with Crippen molar-refractivity contribution in [1.82, 2.24) is 10.3 Å². The minimum Gasteiger partial charge on any atom is -0.345 e. The van der Waals surface area contributed by atoms with E-state index in [0.717, 1.165) is 31.0 Å². The van der Waals surface area contributed by atoms with Crippen LogP contribution in [-0.2, 0) is 13.0 Å². The van der Waals surface area contributed by atoms with Crippen molar-refractivity contribution in [2.24, 2.45) is 5.92 Å².